The van der Waals surface area contributed by atoms with E-state index in [9.17, 15) is 35.9 Å². The number of rotatable bonds is 7. The van der Waals surface area contributed by atoms with Gasteiger partial charge in [-0.1, -0.05) is 70.4 Å². The molecule has 8 nitrogen and oxygen atoms in total. The first-order valence-corrected chi connectivity index (χ1v) is 14.0. The molecule has 0 amide bonds. The van der Waals surface area contributed by atoms with Crippen LogP contribution in [0.2, 0.25) is 5.02 Å². The Hall–Kier alpha value is -5.37. The summed E-state index contributed by atoms with van der Waals surface area (Å²) < 4.78 is 90.6. The van der Waals surface area contributed by atoms with Gasteiger partial charge in [-0.05, 0) is 59.2 Å². The summed E-state index contributed by atoms with van der Waals surface area (Å²) in [5.74, 6) is -2.93. The zero-order chi connectivity index (χ0) is 33.7. The molecule has 2 heterocycles. The second-order valence-electron chi connectivity index (χ2n) is 9.99. The van der Waals surface area contributed by atoms with Crippen LogP contribution in [0.4, 0.5) is 26.3 Å². The van der Waals surface area contributed by atoms with E-state index in [1.165, 1.54) is 84.9 Å². The number of aromatic nitrogens is 4. The number of hydrogen-bond acceptors (Lipinski definition) is 6. The van der Waals surface area contributed by atoms with Crippen LogP contribution in [-0.4, -0.2) is 19.4 Å². The standard InChI is InChI=1S/C17H12F4N2O2.C15H9ClF2N2O2/c18-13-7-5-11(6-8-13)10-23-15(22-25-16(23)24)9-12-3-1-2-4-14(12)17(19,20)21;16-11-2-1-3-12(18)13(11)14-19-22-15(21)20(14)8-9-4-6-10(17)7-5-9/h1-8H,9-10H2;1-7H,8H2. The molecule has 0 atom stereocenters. The van der Waals surface area contributed by atoms with Gasteiger partial charge in [0.1, 0.15) is 17.5 Å². The van der Waals surface area contributed by atoms with Crippen molar-refractivity contribution in [2.75, 3.05) is 0 Å². The molecule has 0 radical (unpaired) electrons. The minimum atomic E-state index is -4.51. The number of benzene rings is 4. The van der Waals surface area contributed by atoms with Crippen molar-refractivity contribution < 1.29 is 35.4 Å². The molecule has 2 aromatic heterocycles. The Morgan fingerprint density at radius 2 is 1.23 bits per heavy atom. The normalized spacial score (nSPS) is 11.3. The minimum absolute atomic E-state index is 0.0163. The van der Waals surface area contributed by atoms with Crippen LogP contribution >= 0.6 is 11.6 Å². The summed E-state index contributed by atoms with van der Waals surface area (Å²) in [6.07, 6.45) is -4.73. The molecule has 47 heavy (non-hydrogen) atoms. The first-order valence-electron chi connectivity index (χ1n) is 13.6. The average molecular weight is 675 g/mol. The number of alkyl halides is 3. The summed E-state index contributed by atoms with van der Waals surface area (Å²) >= 11 is 5.98. The Balaban J connectivity index is 0.000000186. The van der Waals surface area contributed by atoms with Crippen LogP contribution in [0.1, 0.15) is 28.1 Å². The Labute approximate surface area is 266 Å². The van der Waals surface area contributed by atoms with E-state index in [1.807, 2.05) is 0 Å². The molecule has 0 aliphatic heterocycles. The summed E-state index contributed by atoms with van der Waals surface area (Å²) in [5.41, 5.74) is 0.407. The van der Waals surface area contributed by atoms with Crippen molar-refractivity contribution in [2.24, 2.45) is 0 Å². The van der Waals surface area contributed by atoms with Crippen LogP contribution in [-0.2, 0) is 25.7 Å². The van der Waals surface area contributed by atoms with Gasteiger partial charge < -0.3 is 0 Å². The fraction of sp³-hybridized carbons (Fsp3) is 0.125. The Bertz CT molecular complexity index is 2080. The maximum Gasteiger partial charge on any atom is 0.442 e. The first kappa shape index (κ1) is 33.0. The van der Waals surface area contributed by atoms with E-state index in [-0.39, 0.29) is 47.3 Å². The number of hydrogen-bond donors (Lipinski definition) is 0. The van der Waals surface area contributed by atoms with E-state index in [0.29, 0.717) is 11.1 Å². The smallest absolute Gasteiger partial charge is 0.296 e. The zero-order valence-corrected chi connectivity index (χ0v) is 24.6. The molecule has 6 aromatic rings. The summed E-state index contributed by atoms with van der Waals surface area (Å²) in [4.78, 5) is 23.6. The van der Waals surface area contributed by atoms with E-state index in [2.05, 4.69) is 19.4 Å². The molecule has 0 N–H and O–H groups in total. The molecule has 0 unspecified atom stereocenters. The highest BCUT2D eigenvalue weighted by Gasteiger charge is 2.33. The second kappa shape index (κ2) is 14.0. The van der Waals surface area contributed by atoms with E-state index in [1.54, 1.807) is 0 Å². The molecule has 242 valence electrons. The fourth-order valence-corrected chi connectivity index (χ4v) is 4.79. The summed E-state index contributed by atoms with van der Waals surface area (Å²) in [6.45, 7) is 0.0781. The SMILES string of the molecule is O=c1onc(-c2c(F)cccc2Cl)n1Cc1ccc(F)cc1.O=c1onc(Cc2ccccc2C(F)(F)F)n1Cc1ccc(F)cc1. The van der Waals surface area contributed by atoms with Crippen molar-refractivity contribution in [3.8, 4) is 11.4 Å². The lowest BCUT2D eigenvalue weighted by Crippen LogP contribution is -2.19. The van der Waals surface area contributed by atoms with Gasteiger partial charge in [0.25, 0.3) is 0 Å². The van der Waals surface area contributed by atoms with Crippen LogP contribution in [0.25, 0.3) is 11.4 Å². The quantitative estimate of drug-likeness (QED) is 0.168. The zero-order valence-electron chi connectivity index (χ0n) is 23.8. The topological polar surface area (TPSA) is 96.1 Å². The predicted octanol–water partition coefficient (Wildman–Crippen LogP) is 7.12. The van der Waals surface area contributed by atoms with Gasteiger partial charge in [-0.2, -0.15) is 13.2 Å². The lowest BCUT2D eigenvalue weighted by atomic mass is 10.0. The third-order valence-corrected chi connectivity index (χ3v) is 7.13. The summed E-state index contributed by atoms with van der Waals surface area (Å²) in [7, 11) is 0. The fourth-order valence-electron chi connectivity index (χ4n) is 4.54. The highest BCUT2D eigenvalue weighted by atomic mass is 35.5. The molecule has 0 spiro atoms. The van der Waals surface area contributed by atoms with Crippen molar-refractivity contribution >= 4 is 11.6 Å². The van der Waals surface area contributed by atoms with Crippen LogP contribution in [0, 0.1) is 17.5 Å². The number of halogens is 7. The molecule has 0 saturated carbocycles. The third kappa shape index (κ3) is 7.90. The lowest BCUT2D eigenvalue weighted by molar-refractivity contribution is -0.138. The lowest BCUT2D eigenvalue weighted by Gasteiger charge is -2.12. The molecule has 0 saturated heterocycles. The highest BCUT2D eigenvalue weighted by Crippen LogP contribution is 2.33. The molecular weight excluding hydrogens is 654 g/mol. The highest BCUT2D eigenvalue weighted by molar-refractivity contribution is 6.33. The van der Waals surface area contributed by atoms with Gasteiger partial charge >= 0.3 is 17.7 Å². The summed E-state index contributed by atoms with van der Waals surface area (Å²) in [5, 5.41) is 7.29. The van der Waals surface area contributed by atoms with Crippen LogP contribution in [0.3, 0.4) is 0 Å². The van der Waals surface area contributed by atoms with Gasteiger partial charge in [0.05, 0.1) is 29.2 Å². The van der Waals surface area contributed by atoms with Gasteiger partial charge in [0.2, 0.25) is 0 Å². The van der Waals surface area contributed by atoms with Crippen molar-refractivity contribution in [1.29, 1.82) is 0 Å². The maximum absolute atomic E-state index is 14.0. The van der Waals surface area contributed by atoms with E-state index in [0.717, 1.165) is 15.2 Å². The molecular formula is C32H21ClF6N4O4. The van der Waals surface area contributed by atoms with Gasteiger partial charge in [-0.25, -0.2) is 22.8 Å². The molecule has 0 aliphatic carbocycles. The summed E-state index contributed by atoms with van der Waals surface area (Å²) in [6, 6.07) is 20.2. The largest absolute Gasteiger partial charge is 0.442 e. The molecule has 0 fully saturated rings. The monoisotopic (exact) mass is 674 g/mol. The van der Waals surface area contributed by atoms with Crippen LogP contribution in [0.5, 0.6) is 0 Å². The Kier molecular flexibility index (Phi) is 9.80. The Morgan fingerprint density at radius 1 is 0.681 bits per heavy atom. The van der Waals surface area contributed by atoms with Crippen molar-refractivity contribution in [3.63, 3.8) is 0 Å². The molecule has 15 heteroatoms. The van der Waals surface area contributed by atoms with Crippen LogP contribution < -0.4 is 11.5 Å². The minimum Gasteiger partial charge on any atom is -0.296 e. The molecule has 4 aromatic carbocycles. The predicted molar refractivity (Wildman–Crippen MR) is 157 cm³/mol. The van der Waals surface area contributed by atoms with Gasteiger partial charge in [-0.3, -0.25) is 18.2 Å². The number of nitrogens with zero attached hydrogens (tertiary/aromatic N) is 4. The van der Waals surface area contributed by atoms with Crippen molar-refractivity contribution in [2.45, 2.75) is 25.7 Å². The van der Waals surface area contributed by atoms with E-state index >= 15 is 0 Å². The molecule has 0 bridgehead atoms. The van der Waals surface area contributed by atoms with Gasteiger partial charge in [0.15, 0.2) is 11.6 Å². The third-order valence-electron chi connectivity index (χ3n) is 6.81. The van der Waals surface area contributed by atoms with Crippen molar-refractivity contribution in [3.05, 3.63) is 163 Å². The van der Waals surface area contributed by atoms with Crippen molar-refractivity contribution in [1.82, 2.24) is 19.4 Å². The van der Waals surface area contributed by atoms with E-state index < -0.39 is 40.7 Å². The van der Waals surface area contributed by atoms with Gasteiger partial charge in [0, 0.05) is 6.42 Å². The maximum atomic E-state index is 14.0. The van der Waals surface area contributed by atoms with Crippen LogP contribution in [0.15, 0.2) is 110 Å². The molecule has 0 aliphatic rings. The average Bonchev–Trinajstić information content (AvgIpc) is 3.56. The first-order chi connectivity index (χ1) is 22.4. The van der Waals surface area contributed by atoms with E-state index in [4.69, 9.17) is 11.6 Å². The molecule has 6 rings (SSSR count). The Morgan fingerprint density at radius 3 is 1.83 bits per heavy atom. The second-order valence-corrected chi connectivity index (χ2v) is 10.4. The van der Waals surface area contributed by atoms with Gasteiger partial charge in [-0.15, -0.1) is 0 Å².